The minimum absolute atomic E-state index is 0.168. The summed E-state index contributed by atoms with van der Waals surface area (Å²) in [5.74, 6) is 0.750. The third-order valence-electron chi connectivity index (χ3n) is 4.39. The number of nitrogens with two attached hydrogens (primary N) is 1. The van der Waals surface area contributed by atoms with E-state index >= 15 is 0 Å². The van der Waals surface area contributed by atoms with E-state index in [1.54, 1.807) is 6.07 Å². The molecule has 0 saturated carbocycles. The molecule has 0 aliphatic heterocycles. The number of nitrogen functional groups attached to an aromatic ring is 1. The van der Waals surface area contributed by atoms with E-state index in [0.29, 0.717) is 5.82 Å². The number of nitrogens with one attached hydrogen (secondary N) is 1. The van der Waals surface area contributed by atoms with Crippen LogP contribution >= 0.6 is 0 Å². The number of pyridine rings is 1. The van der Waals surface area contributed by atoms with Gasteiger partial charge in [-0.1, -0.05) is 26.8 Å². The molecule has 6 heteroatoms. The van der Waals surface area contributed by atoms with E-state index in [1.165, 1.54) is 0 Å². The second-order valence-corrected chi connectivity index (χ2v) is 7.87. The number of carbonyl (C=O) groups is 1. The molecule has 26 heavy (non-hydrogen) atoms. The Morgan fingerprint density at radius 2 is 1.96 bits per heavy atom. The Bertz CT molecular complexity index is 553. The number of carbonyl (C=O) groups excluding carboxylic acids is 1. The summed E-state index contributed by atoms with van der Waals surface area (Å²) in [4.78, 5) is 18.9. The van der Waals surface area contributed by atoms with Crippen LogP contribution in [0.1, 0.15) is 53.7 Å². The lowest BCUT2D eigenvalue weighted by molar-refractivity contribution is 0.0358. The van der Waals surface area contributed by atoms with Gasteiger partial charge in [0.2, 0.25) is 0 Å². The second-order valence-electron chi connectivity index (χ2n) is 7.87. The minimum atomic E-state index is -0.358. The number of aryl methyl sites for hydroxylation is 1. The van der Waals surface area contributed by atoms with Crippen molar-refractivity contribution in [3.8, 4) is 0 Å². The van der Waals surface area contributed by atoms with Crippen LogP contribution in [0.3, 0.4) is 0 Å². The van der Waals surface area contributed by atoms with Gasteiger partial charge in [0.15, 0.2) is 0 Å². The van der Waals surface area contributed by atoms with Crippen molar-refractivity contribution in [3.05, 3.63) is 23.9 Å². The molecule has 0 aromatic carbocycles. The highest BCUT2D eigenvalue weighted by molar-refractivity contribution is 5.68. The van der Waals surface area contributed by atoms with Crippen LogP contribution < -0.4 is 11.1 Å². The molecule has 2 atom stereocenters. The summed E-state index contributed by atoms with van der Waals surface area (Å²) in [6.07, 6.45) is 1.16. The zero-order valence-corrected chi connectivity index (χ0v) is 17.2. The van der Waals surface area contributed by atoms with Crippen LogP contribution in [-0.2, 0) is 11.2 Å². The predicted molar refractivity (Wildman–Crippen MR) is 107 cm³/mol. The fourth-order valence-corrected chi connectivity index (χ4v) is 2.74. The van der Waals surface area contributed by atoms with Gasteiger partial charge in [-0.15, -0.1) is 0 Å². The van der Waals surface area contributed by atoms with Gasteiger partial charge in [-0.3, -0.25) is 0 Å². The van der Waals surface area contributed by atoms with Crippen molar-refractivity contribution in [2.24, 2.45) is 5.92 Å². The topological polar surface area (TPSA) is 80.5 Å². The summed E-state index contributed by atoms with van der Waals surface area (Å²) in [7, 11) is 0. The van der Waals surface area contributed by atoms with Gasteiger partial charge in [-0.05, 0) is 64.8 Å². The van der Waals surface area contributed by atoms with E-state index < -0.39 is 0 Å². The maximum atomic E-state index is 12.3. The van der Waals surface area contributed by atoms with E-state index in [-0.39, 0.29) is 23.7 Å². The molecule has 1 aromatic heterocycles. The van der Waals surface area contributed by atoms with Crippen molar-refractivity contribution in [1.29, 1.82) is 0 Å². The summed E-state index contributed by atoms with van der Waals surface area (Å²) in [5.41, 5.74) is 6.41. The standard InChI is InChI=1S/C20H36N4O2/c1-7-24(8-2)14-17(26-19(25)23-20(4,5)6)15(3)12-13-16-10-9-11-18(21)22-16/h9-11,15,17H,7-8,12-14H2,1-6H3,(H2,21,22)(H,23,25). The van der Waals surface area contributed by atoms with Crippen LogP contribution in [-0.4, -0.2) is 47.3 Å². The monoisotopic (exact) mass is 364 g/mol. The molecule has 3 N–H and O–H groups in total. The average Bonchev–Trinajstić information content (AvgIpc) is 2.54. The minimum Gasteiger partial charge on any atom is -0.445 e. The Kier molecular flexibility index (Phi) is 8.85. The Morgan fingerprint density at radius 1 is 1.31 bits per heavy atom. The smallest absolute Gasteiger partial charge is 0.407 e. The number of amides is 1. The van der Waals surface area contributed by atoms with Crippen molar-refractivity contribution >= 4 is 11.9 Å². The molecular weight excluding hydrogens is 328 g/mol. The number of likely N-dealkylation sites (N-methyl/N-ethyl adjacent to an activating group) is 1. The van der Waals surface area contributed by atoms with Gasteiger partial charge < -0.3 is 20.7 Å². The van der Waals surface area contributed by atoms with Crippen LogP contribution in [0.4, 0.5) is 10.6 Å². The maximum absolute atomic E-state index is 12.3. The van der Waals surface area contributed by atoms with Crippen molar-refractivity contribution < 1.29 is 9.53 Å². The lowest BCUT2D eigenvalue weighted by Crippen LogP contribution is -2.46. The number of hydrogen-bond acceptors (Lipinski definition) is 5. The first kappa shape index (κ1) is 22.2. The van der Waals surface area contributed by atoms with E-state index in [1.807, 2.05) is 32.9 Å². The highest BCUT2D eigenvalue weighted by Crippen LogP contribution is 2.17. The summed E-state index contributed by atoms with van der Waals surface area (Å²) in [5, 5.41) is 2.89. The number of anilines is 1. The van der Waals surface area contributed by atoms with E-state index in [0.717, 1.165) is 38.2 Å². The van der Waals surface area contributed by atoms with Gasteiger partial charge in [-0.2, -0.15) is 0 Å². The molecule has 1 heterocycles. The predicted octanol–water partition coefficient (Wildman–Crippen LogP) is 3.47. The SMILES string of the molecule is CCN(CC)CC(OC(=O)NC(C)(C)C)C(C)CCc1cccc(N)n1. The van der Waals surface area contributed by atoms with Crippen LogP contribution in [0.5, 0.6) is 0 Å². The molecule has 0 radical (unpaired) electrons. The Morgan fingerprint density at radius 3 is 2.50 bits per heavy atom. The van der Waals surface area contributed by atoms with Crippen molar-refractivity contribution in [2.45, 2.75) is 66.0 Å². The van der Waals surface area contributed by atoms with Crippen LogP contribution in [0.2, 0.25) is 0 Å². The van der Waals surface area contributed by atoms with Crippen molar-refractivity contribution in [3.63, 3.8) is 0 Å². The number of nitrogens with zero attached hydrogens (tertiary/aromatic N) is 2. The zero-order chi connectivity index (χ0) is 19.7. The first-order valence-electron chi connectivity index (χ1n) is 9.57. The summed E-state index contributed by atoms with van der Waals surface area (Å²) >= 11 is 0. The van der Waals surface area contributed by atoms with Crippen molar-refractivity contribution in [2.75, 3.05) is 25.4 Å². The number of rotatable bonds is 9. The molecule has 1 rings (SSSR count). The molecule has 148 valence electrons. The highest BCUT2D eigenvalue weighted by Gasteiger charge is 2.25. The first-order chi connectivity index (χ1) is 12.1. The Hall–Kier alpha value is -1.82. The molecule has 1 amide bonds. The number of hydrogen-bond donors (Lipinski definition) is 2. The third kappa shape index (κ3) is 8.52. The molecule has 6 nitrogen and oxygen atoms in total. The van der Waals surface area contributed by atoms with Crippen LogP contribution in [0.15, 0.2) is 18.2 Å². The third-order valence-corrected chi connectivity index (χ3v) is 4.39. The summed E-state index contributed by atoms with van der Waals surface area (Å²) in [6.45, 7) is 14.8. The lowest BCUT2D eigenvalue weighted by atomic mass is 9.97. The summed E-state index contributed by atoms with van der Waals surface area (Å²) < 4.78 is 5.80. The van der Waals surface area contributed by atoms with E-state index in [2.05, 4.69) is 36.0 Å². The molecule has 2 unspecified atom stereocenters. The Labute approximate surface area is 158 Å². The molecule has 0 fully saturated rings. The van der Waals surface area contributed by atoms with Gasteiger partial charge in [0.05, 0.1) is 0 Å². The van der Waals surface area contributed by atoms with Gasteiger partial charge >= 0.3 is 6.09 Å². The van der Waals surface area contributed by atoms with Gasteiger partial charge in [0.25, 0.3) is 0 Å². The normalized spacial score (nSPS) is 14.1. The zero-order valence-electron chi connectivity index (χ0n) is 17.2. The van der Waals surface area contributed by atoms with Crippen LogP contribution in [0, 0.1) is 5.92 Å². The lowest BCUT2D eigenvalue weighted by Gasteiger charge is -2.31. The molecule has 0 aliphatic carbocycles. The molecular formula is C20H36N4O2. The second kappa shape index (κ2) is 10.4. The van der Waals surface area contributed by atoms with E-state index in [4.69, 9.17) is 10.5 Å². The number of ether oxygens (including phenoxy) is 1. The fourth-order valence-electron chi connectivity index (χ4n) is 2.74. The van der Waals surface area contributed by atoms with Gasteiger partial charge in [0, 0.05) is 17.8 Å². The molecule has 0 aliphatic rings. The molecule has 0 bridgehead atoms. The average molecular weight is 365 g/mol. The quantitative estimate of drug-likeness (QED) is 0.701. The van der Waals surface area contributed by atoms with Gasteiger partial charge in [0.1, 0.15) is 11.9 Å². The van der Waals surface area contributed by atoms with Crippen LogP contribution in [0.25, 0.3) is 0 Å². The number of aromatic nitrogens is 1. The summed E-state index contributed by atoms with van der Waals surface area (Å²) in [6, 6.07) is 5.69. The van der Waals surface area contributed by atoms with Gasteiger partial charge in [-0.25, -0.2) is 9.78 Å². The Balaban J connectivity index is 2.73. The van der Waals surface area contributed by atoms with E-state index in [9.17, 15) is 4.79 Å². The first-order valence-corrected chi connectivity index (χ1v) is 9.57. The highest BCUT2D eigenvalue weighted by atomic mass is 16.6. The number of alkyl carbamates (subject to hydrolysis) is 1. The molecule has 1 aromatic rings. The van der Waals surface area contributed by atoms with Crippen molar-refractivity contribution in [1.82, 2.24) is 15.2 Å². The fraction of sp³-hybridized carbons (Fsp3) is 0.700. The molecule has 0 saturated heterocycles. The largest absolute Gasteiger partial charge is 0.445 e. The molecule has 0 spiro atoms. The maximum Gasteiger partial charge on any atom is 0.407 e.